The quantitative estimate of drug-likeness (QED) is 0.121. The molecule has 4 aliphatic rings. The van der Waals surface area contributed by atoms with Crippen LogP contribution in [0.3, 0.4) is 0 Å². The first-order chi connectivity index (χ1) is 28.2. The summed E-state index contributed by atoms with van der Waals surface area (Å²) in [5.74, 6) is 0. The molecule has 0 fully saturated rings. The molecule has 1 atom stereocenters. The molecule has 3 heterocycles. The second-order valence-corrected chi connectivity index (χ2v) is 16.6. The van der Waals surface area contributed by atoms with E-state index in [1.807, 2.05) is 13.0 Å². The molecule has 10 rings (SSSR count). The molecule has 6 aromatic rings. The summed E-state index contributed by atoms with van der Waals surface area (Å²) in [4.78, 5) is 2.91. The number of nitrogens with zero attached hydrogens (tertiary/aromatic N) is 1. The lowest BCUT2D eigenvalue weighted by Crippen LogP contribution is -2.11. The van der Waals surface area contributed by atoms with Crippen molar-refractivity contribution >= 4 is 54.1 Å². The van der Waals surface area contributed by atoms with Crippen molar-refractivity contribution in [3.8, 4) is 11.1 Å². The lowest BCUT2D eigenvalue weighted by atomic mass is 9.86. The van der Waals surface area contributed by atoms with E-state index in [2.05, 4.69) is 198 Å². The Hall–Kier alpha value is -6.16. The van der Waals surface area contributed by atoms with Gasteiger partial charge in [0.1, 0.15) is 0 Å². The molecule has 5 aromatic carbocycles. The maximum Gasteiger partial charge on any atom is 0.0538 e. The number of benzene rings is 5. The van der Waals surface area contributed by atoms with Gasteiger partial charge in [-0.05, 0) is 126 Å². The smallest absolute Gasteiger partial charge is 0.0538 e. The number of para-hydroxylation sites is 1. The van der Waals surface area contributed by atoms with Crippen molar-refractivity contribution in [3.63, 3.8) is 0 Å². The topological polar surface area (TPSA) is 17.0 Å². The average molecular weight is 757 g/mol. The Morgan fingerprint density at radius 2 is 1.54 bits per heavy atom. The zero-order valence-electron chi connectivity index (χ0n) is 32.8. The van der Waals surface area contributed by atoms with Gasteiger partial charge in [0.25, 0.3) is 0 Å². The molecular weight excluding hydrogens is 709 g/mol. The van der Waals surface area contributed by atoms with E-state index >= 15 is 0 Å². The van der Waals surface area contributed by atoms with Crippen LogP contribution in [0.25, 0.3) is 44.2 Å². The van der Waals surface area contributed by atoms with E-state index in [1.54, 1.807) is 0 Å². The standard InChI is InChI=1S/C32H29N.C22H19NS/c1-2-26-27(24-14-7-4-8-15-24)17-11-19-30(26)33-31-18-10-9-16-28(31)29-22-25(20-21-32(29)33)23-12-5-3-6-13-23;1-2-8-18(17-9-4-3-5-10-17)16-23-19-12-13-22-20(15-19)21-11-6-7-14-24(21)22/h3,5-7,9-10,12-18,20-22H,2,4,8,11,19H2,1H3;2-16,23H,1H3/b;8-2-,18-16+. The van der Waals surface area contributed by atoms with E-state index < -0.39 is 0 Å². The molecule has 2 aliphatic heterocycles. The summed E-state index contributed by atoms with van der Waals surface area (Å²) in [7, 11) is 0.212. The Balaban J connectivity index is 0.000000156. The summed E-state index contributed by atoms with van der Waals surface area (Å²) in [5, 5.41) is 8.43. The molecule has 0 amide bonds. The second-order valence-electron chi connectivity index (χ2n) is 14.7. The number of aromatic nitrogens is 1. The van der Waals surface area contributed by atoms with Gasteiger partial charge >= 0.3 is 0 Å². The van der Waals surface area contributed by atoms with Crippen molar-refractivity contribution in [1.82, 2.24) is 4.57 Å². The summed E-state index contributed by atoms with van der Waals surface area (Å²) in [6, 6.07) is 43.7. The molecule has 0 spiro atoms. The largest absolute Gasteiger partial charge is 0.361 e. The van der Waals surface area contributed by atoms with Gasteiger partial charge in [0.2, 0.25) is 0 Å². The zero-order chi connectivity index (χ0) is 38.6. The molecule has 0 bridgehead atoms. The molecule has 57 heavy (non-hydrogen) atoms. The van der Waals surface area contributed by atoms with Gasteiger partial charge in [-0.25, -0.2) is 0 Å². The molecule has 2 nitrogen and oxygen atoms in total. The predicted molar refractivity (Wildman–Crippen MR) is 250 cm³/mol. The number of anilines is 1. The molecular formula is C54H48N2S. The molecule has 0 saturated heterocycles. The number of allylic oxidation sites excluding steroid dienone is 14. The average Bonchev–Trinajstić information content (AvgIpc) is 3.61. The Morgan fingerprint density at radius 3 is 2.35 bits per heavy atom. The fourth-order valence-electron chi connectivity index (χ4n) is 8.57. The van der Waals surface area contributed by atoms with E-state index in [1.165, 1.54) is 81.8 Å². The highest BCUT2D eigenvalue weighted by Gasteiger charge is 2.24. The molecule has 280 valence electrons. The van der Waals surface area contributed by atoms with Crippen LogP contribution in [0.15, 0.2) is 209 Å². The van der Waals surface area contributed by atoms with Crippen LogP contribution in [0.1, 0.15) is 57.1 Å². The predicted octanol–water partition coefficient (Wildman–Crippen LogP) is 15.0. The van der Waals surface area contributed by atoms with E-state index in [-0.39, 0.29) is 10.5 Å². The third-order valence-electron chi connectivity index (χ3n) is 11.3. The number of rotatable bonds is 8. The van der Waals surface area contributed by atoms with Gasteiger partial charge in [0.05, 0.1) is 11.0 Å². The van der Waals surface area contributed by atoms with E-state index in [0.29, 0.717) is 0 Å². The van der Waals surface area contributed by atoms with Crippen LogP contribution in [-0.4, -0.2) is 9.43 Å². The number of nitrogens with one attached hydrogen (secondary N) is 1. The van der Waals surface area contributed by atoms with Crippen molar-refractivity contribution < 1.29 is 0 Å². The molecule has 0 saturated carbocycles. The van der Waals surface area contributed by atoms with Crippen molar-refractivity contribution in [1.29, 1.82) is 0 Å². The van der Waals surface area contributed by atoms with Crippen molar-refractivity contribution in [3.05, 3.63) is 215 Å². The lowest BCUT2D eigenvalue weighted by molar-refractivity contribution is 0.915. The maximum absolute atomic E-state index is 3.46. The minimum absolute atomic E-state index is 0.212. The van der Waals surface area contributed by atoms with Crippen LogP contribution in [-0.2, 0) is 0 Å². The van der Waals surface area contributed by atoms with Gasteiger partial charge in [0, 0.05) is 43.7 Å². The highest BCUT2D eigenvalue weighted by atomic mass is 32.2. The lowest BCUT2D eigenvalue weighted by Gasteiger charge is -2.27. The number of hydrogen-bond acceptors (Lipinski definition) is 1. The van der Waals surface area contributed by atoms with Gasteiger partial charge in [-0.2, -0.15) is 0 Å². The van der Waals surface area contributed by atoms with E-state index in [9.17, 15) is 0 Å². The minimum atomic E-state index is 0.212. The molecule has 0 radical (unpaired) electrons. The Labute approximate surface area is 339 Å². The van der Waals surface area contributed by atoms with Crippen molar-refractivity contribution in [2.45, 2.75) is 50.8 Å². The number of fused-ring (bicyclic) bond motifs is 6. The third-order valence-corrected chi connectivity index (χ3v) is 13.3. The molecule has 3 heteroatoms. The van der Waals surface area contributed by atoms with Gasteiger partial charge < -0.3 is 9.88 Å². The van der Waals surface area contributed by atoms with Crippen LogP contribution < -0.4 is 5.32 Å². The van der Waals surface area contributed by atoms with Crippen LogP contribution in [0, 0.1) is 0 Å². The third kappa shape index (κ3) is 7.20. The van der Waals surface area contributed by atoms with Gasteiger partial charge in [-0.15, -0.1) is 10.5 Å². The van der Waals surface area contributed by atoms with Crippen LogP contribution >= 0.6 is 10.5 Å². The van der Waals surface area contributed by atoms with Crippen LogP contribution in [0.5, 0.6) is 0 Å². The summed E-state index contributed by atoms with van der Waals surface area (Å²) in [6.45, 7) is 4.35. The zero-order valence-corrected chi connectivity index (χ0v) is 33.6. The fourth-order valence-corrected chi connectivity index (χ4v) is 10.4. The normalized spacial score (nSPS) is 17.2. The highest BCUT2D eigenvalue weighted by molar-refractivity contribution is 8.20. The van der Waals surface area contributed by atoms with E-state index in [0.717, 1.165) is 37.8 Å². The first-order valence-corrected chi connectivity index (χ1v) is 21.6. The summed E-state index contributed by atoms with van der Waals surface area (Å²) in [5.41, 5.74) is 15.9. The van der Waals surface area contributed by atoms with Gasteiger partial charge in [0.15, 0.2) is 0 Å². The summed E-state index contributed by atoms with van der Waals surface area (Å²) < 4.78 is 2.55. The Kier molecular flexibility index (Phi) is 10.6. The maximum atomic E-state index is 3.46. The minimum Gasteiger partial charge on any atom is -0.361 e. The highest BCUT2D eigenvalue weighted by Crippen LogP contribution is 2.46. The molecule has 1 unspecified atom stereocenters. The number of hydrogen-bond donors (Lipinski definition) is 1. The Bertz CT molecular complexity index is 2780. The van der Waals surface area contributed by atoms with Gasteiger partial charge in [-0.3, -0.25) is 0 Å². The first-order valence-electron chi connectivity index (χ1n) is 20.3. The van der Waals surface area contributed by atoms with Crippen molar-refractivity contribution in [2.75, 3.05) is 5.32 Å². The molecule has 2 aliphatic carbocycles. The Morgan fingerprint density at radius 1 is 0.737 bits per heavy atom. The fraction of sp³-hybridized carbons (Fsp3) is 0.130. The SMILES string of the molecule is C/C=C\C(=C/Nc1ccc2c(c1)C1=S2C=CC=C1)c1ccccc1.CCC1=C(n2c3ccccc3c3cc(-c4ccccc4)ccc32)CCC=C1C1=CCCC=C1. The monoisotopic (exact) mass is 756 g/mol. The molecule has 1 aromatic heterocycles. The second kappa shape index (κ2) is 16.5. The van der Waals surface area contributed by atoms with Crippen LogP contribution in [0.4, 0.5) is 5.69 Å². The summed E-state index contributed by atoms with van der Waals surface area (Å²) in [6.07, 6.45) is 27.8. The van der Waals surface area contributed by atoms with Crippen molar-refractivity contribution in [2.24, 2.45) is 0 Å². The first kappa shape index (κ1) is 36.5. The van der Waals surface area contributed by atoms with Gasteiger partial charge in [-0.1, -0.05) is 140 Å². The van der Waals surface area contributed by atoms with Crippen LogP contribution in [0.2, 0.25) is 0 Å². The van der Waals surface area contributed by atoms with E-state index in [4.69, 9.17) is 0 Å². The summed E-state index contributed by atoms with van der Waals surface area (Å²) >= 11 is 0. The molecule has 1 N–H and O–H groups in total.